The zero-order valence-corrected chi connectivity index (χ0v) is 10.3. The molecule has 1 heterocycles. The number of likely N-dealkylation sites (N-methyl/N-ethyl adjacent to an activating group) is 1. The van der Waals surface area contributed by atoms with E-state index in [0.717, 1.165) is 17.9 Å². The van der Waals surface area contributed by atoms with Gasteiger partial charge in [0, 0.05) is 19.1 Å². The molecule has 1 aliphatic heterocycles. The predicted molar refractivity (Wildman–Crippen MR) is 65.0 cm³/mol. The van der Waals surface area contributed by atoms with Gasteiger partial charge in [0.1, 0.15) is 0 Å². The molecule has 2 fully saturated rings. The molecule has 2 unspecified atom stereocenters. The molecule has 88 valence electrons. The molecule has 0 aromatic heterocycles. The van der Waals surface area contributed by atoms with Gasteiger partial charge in [0.05, 0.1) is 0 Å². The molecule has 2 rings (SSSR count). The van der Waals surface area contributed by atoms with Crippen molar-refractivity contribution in [2.24, 2.45) is 11.8 Å². The van der Waals surface area contributed by atoms with Crippen LogP contribution in [0.4, 0.5) is 0 Å². The minimum Gasteiger partial charge on any atom is -0.312 e. The first-order valence-electron chi connectivity index (χ1n) is 6.66. The van der Waals surface area contributed by atoms with Crippen LogP contribution in [0, 0.1) is 11.8 Å². The highest BCUT2D eigenvalue weighted by molar-refractivity contribution is 4.81. The number of hydrogen-bond acceptors (Lipinski definition) is 2. The average Bonchev–Trinajstić information content (AvgIpc) is 2.65. The van der Waals surface area contributed by atoms with Gasteiger partial charge < -0.3 is 10.2 Å². The van der Waals surface area contributed by atoms with Crippen molar-refractivity contribution < 1.29 is 0 Å². The molecule has 2 atom stereocenters. The molecule has 0 aromatic rings. The average molecular weight is 210 g/mol. The second-order valence-electron chi connectivity index (χ2n) is 5.82. The van der Waals surface area contributed by atoms with Crippen LogP contribution in [0.15, 0.2) is 0 Å². The third-order valence-electron chi connectivity index (χ3n) is 4.01. The van der Waals surface area contributed by atoms with E-state index in [-0.39, 0.29) is 0 Å². The maximum Gasteiger partial charge on any atom is 0.0198 e. The normalized spacial score (nSPS) is 34.8. The summed E-state index contributed by atoms with van der Waals surface area (Å²) < 4.78 is 0. The Kier molecular flexibility index (Phi) is 4.04. The lowest BCUT2D eigenvalue weighted by atomic mass is 9.96. The Morgan fingerprint density at radius 3 is 2.60 bits per heavy atom. The molecular weight excluding hydrogens is 184 g/mol. The molecule has 0 radical (unpaired) electrons. The summed E-state index contributed by atoms with van der Waals surface area (Å²) in [7, 11) is 2.25. The summed E-state index contributed by atoms with van der Waals surface area (Å²) in [5.74, 6) is 1.84. The van der Waals surface area contributed by atoms with Gasteiger partial charge in [-0.3, -0.25) is 0 Å². The third kappa shape index (κ3) is 3.46. The summed E-state index contributed by atoms with van der Waals surface area (Å²) in [5, 5.41) is 3.78. The van der Waals surface area contributed by atoms with Gasteiger partial charge in [0.2, 0.25) is 0 Å². The van der Waals surface area contributed by atoms with Crippen molar-refractivity contribution in [2.45, 2.75) is 45.1 Å². The Labute approximate surface area is 94.4 Å². The molecule has 0 amide bonds. The highest BCUT2D eigenvalue weighted by atomic mass is 15.1. The number of likely N-dealkylation sites (tertiary alicyclic amines) is 1. The molecule has 0 aromatic carbocycles. The van der Waals surface area contributed by atoms with Gasteiger partial charge in [-0.15, -0.1) is 0 Å². The molecule has 2 heteroatoms. The fourth-order valence-electron chi connectivity index (χ4n) is 3.31. The van der Waals surface area contributed by atoms with Crippen LogP contribution in [0.1, 0.15) is 39.0 Å². The van der Waals surface area contributed by atoms with Crippen LogP contribution < -0.4 is 5.32 Å². The van der Waals surface area contributed by atoms with Crippen molar-refractivity contribution in [2.75, 3.05) is 26.7 Å². The van der Waals surface area contributed by atoms with Gasteiger partial charge in [0.15, 0.2) is 0 Å². The van der Waals surface area contributed by atoms with Crippen LogP contribution in [0.25, 0.3) is 0 Å². The monoisotopic (exact) mass is 210 g/mol. The van der Waals surface area contributed by atoms with Gasteiger partial charge in [-0.1, -0.05) is 19.8 Å². The maximum absolute atomic E-state index is 3.78. The van der Waals surface area contributed by atoms with Gasteiger partial charge in [-0.05, 0) is 44.7 Å². The SMILES string of the molecule is CC1CC(NCC2CCCC2)CN(C)C1. The van der Waals surface area contributed by atoms with Crippen molar-refractivity contribution in [3.05, 3.63) is 0 Å². The zero-order chi connectivity index (χ0) is 10.7. The number of piperidine rings is 1. The smallest absolute Gasteiger partial charge is 0.0198 e. The van der Waals surface area contributed by atoms with E-state index >= 15 is 0 Å². The first-order valence-corrected chi connectivity index (χ1v) is 6.66. The summed E-state index contributed by atoms with van der Waals surface area (Å²) in [6, 6.07) is 0.749. The Balaban J connectivity index is 1.69. The minimum atomic E-state index is 0.749. The highest BCUT2D eigenvalue weighted by Crippen LogP contribution is 2.24. The first-order chi connectivity index (χ1) is 7.24. The molecule has 0 spiro atoms. The Morgan fingerprint density at radius 2 is 1.93 bits per heavy atom. The summed E-state index contributed by atoms with van der Waals surface area (Å²) in [6.45, 7) is 6.17. The van der Waals surface area contributed by atoms with Crippen LogP contribution >= 0.6 is 0 Å². The standard InChI is InChI=1S/C13H26N2/c1-11-7-13(10-15(2)9-11)14-8-12-5-3-4-6-12/h11-14H,3-10H2,1-2H3. The predicted octanol–water partition coefficient (Wildman–Crippen LogP) is 2.11. The van der Waals surface area contributed by atoms with Crippen LogP contribution in [-0.4, -0.2) is 37.6 Å². The number of nitrogens with zero attached hydrogens (tertiary/aromatic N) is 1. The molecule has 1 aliphatic carbocycles. The molecular formula is C13H26N2. The van der Waals surface area contributed by atoms with Gasteiger partial charge >= 0.3 is 0 Å². The van der Waals surface area contributed by atoms with E-state index in [9.17, 15) is 0 Å². The van der Waals surface area contributed by atoms with Gasteiger partial charge in [0.25, 0.3) is 0 Å². The number of hydrogen-bond donors (Lipinski definition) is 1. The van der Waals surface area contributed by atoms with E-state index in [2.05, 4.69) is 24.2 Å². The van der Waals surface area contributed by atoms with E-state index in [4.69, 9.17) is 0 Å². The summed E-state index contributed by atoms with van der Waals surface area (Å²) in [4.78, 5) is 2.47. The van der Waals surface area contributed by atoms with Crippen molar-refractivity contribution >= 4 is 0 Å². The largest absolute Gasteiger partial charge is 0.312 e. The van der Waals surface area contributed by atoms with E-state index in [0.29, 0.717) is 0 Å². The molecule has 2 nitrogen and oxygen atoms in total. The second-order valence-corrected chi connectivity index (χ2v) is 5.82. The van der Waals surface area contributed by atoms with Crippen molar-refractivity contribution in [3.63, 3.8) is 0 Å². The van der Waals surface area contributed by atoms with Crippen LogP contribution in [0.5, 0.6) is 0 Å². The fraction of sp³-hybridized carbons (Fsp3) is 1.00. The van der Waals surface area contributed by atoms with E-state index in [1.165, 1.54) is 51.7 Å². The third-order valence-corrected chi connectivity index (χ3v) is 4.01. The van der Waals surface area contributed by atoms with E-state index in [1.54, 1.807) is 0 Å². The number of nitrogens with one attached hydrogen (secondary N) is 1. The zero-order valence-electron chi connectivity index (χ0n) is 10.3. The lowest BCUT2D eigenvalue weighted by Crippen LogP contribution is -2.48. The van der Waals surface area contributed by atoms with Crippen molar-refractivity contribution in [3.8, 4) is 0 Å². The minimum absolute atomic E-state index is 0.749. The lowest BCUT2D eigenvalue weighted by molar-refractivity contribution is 0.175. The fourth-order valence-corrected chi connectivity index (χ4v) is 3.31. The topological polar surface area (TPSA) is 15.3 Å². The summed E-state index contributed by atoms with van der Waals surface area (Å²) in [5.41, 5.74) is 0. The second kappa shape index (κ2) is 5.31. The summed E-state index contributed by atoms with van der Waals surface area (Å²) >= 11 is 0. The Bertz CT molecular complexity index is 177. The molecule has 1 saturated carbocycles. The summed E-state index contributed by atoms with van der Waals surface area (Å²) in [6.07, 6.45) is 7.23. The van der Waals surface area contributed by atoms with Gasteiger partial charge in [-0.2, -0.15) is 0 Å². The van der Waals surface area contributed by atoms with E-state index in [1.807, 2.05) is 0 Å². The molecule has 1 N–H and O–H groups in total. The van der Waals surface area contributed by atoms with Crippen molar-refractivity contribution in [1.82, 2.24) is 10.2 Å². The van der Waals surface area contributed by atoms with Gasteiger partial charge in [-0.25, -0.2) is 0 Å². The van der Waals surface area contributed by atoms with Crippen LogP contribution in [0.3, 0.4) is 0 Å². The molecule has 2 aliphatic rings. The van der Waals surface area contributed by atoms with Crippen LogP contribution in [0.2, 0.25) is 0 Å². The first kappa shape index (κ1) is 11.4. The highest BCUT2D eigenvalue weighted by Gasteiger charge is 2.23. The molecule has 1 saturated heterocycles. The molecule has 15 heavy (non-hydrogen) atoms. The van der Waals surface area contributed by atoms with Crippen molar-refractivity contribution in [1.29, 1.82) is 0 Å². The maximum atomic E-state index is 3.78. The Hall–Kier alpha value is -0.0800. The Morgan fingerprint density at radius 1 is 1.20 bits per heavy atom. The quantitative estimate of drug-likeness (QED) is 0.767. The van der Waals surface area contributed by atoms with Crippen LogP contribution in [-0.2, 0) is 0 Å². The molecule has 0 bridgehead atoms. The number of rotatable bonds is 3. The van der Waals surface area contributed by atoms with E-state index < -0.39 is 0 Å². The lowest BCUT2D eigenvalue weighted by Gasteiger charge is -2.35.